The lowest BCUT2D eigenvalue weighted by Gasteiger charge is -2.17. The van der Waals surface area contributed by atoms with E-state index < -0.39 is 6.04 Å². The summed E-state index contributed by atoms with van der Waals surface area (Å²) in [6, 6.07) is 8.19. The fourth-order valence-corrected chi connectivity index (χ4v) is 3.07. The van der Waals surface area contributed by atoms with Crippen molar-refractivity contribution in [2.45, 2.75) is 25.3 Å². The number of hydrogen-bond acceptors (Lipinski definition) is 3. The van der Waals surface area contributed by atoms with Crippen molar-refractivity contribution in [3.63, 3.8) is 0 Å². The van der Waals surface area contributed by atoms with Crippen LogP contribution in [-0.4, -0.2) is 29.8 Å². The molecule has 1 aromatic carbocycles. The van der Waals surface area contributed by atoms with Crippen LogP contribution in [0, 0.1) is 23.2 Å². The molecule has 0 spiro atoms. The molecule has 1 aliphatic heterocycles. The number of rotatable bonds is 5. The van der Waals surface area contributed by atoms with Crippen molar-refractivity contribution in [1.82, 2.24) is 10.2 Å². The zero-order chi connectivity index (χ0) is 16.4. The van der Waals surface area contributed by atoms with Gasteiger partial charge in [0.1, 0.15) is 6.04 Å². The third-order valence-corrected chi connectivity index (χ3v) is 4.59. The van der Waals surface area contributed by atoms with E-state index in [4.69, 9.17) is 11.6 Å². The lowest BCUT2D eigenvalue weighted by Crippen LogP contribution is -2.35. The fourth-order valence-electron chi connectivity index (χ4n) is 2.87. The Labute approximate surface area is 140 Å². The summed E-state index contributed by atoms with van der Waals surface area (Å²) >= 11 is 5.93. The Morgan fingerprint density at radius 3 is 2.91 bits per heavy atom. The van der Waals surface area contributed by atoms with Gasteiger partial charge < -0.3 is 10.2 Å². The number of carbonyl (C=O) groups is 2. The number of benzene rings is 1. The minimum atomic E-state index is -0.756. The predicted octanol–water partition coefficient (Wildman–Crippen LogP) is 2.28. The highest BCUT2D eigenvalue weighted by Gasteiger charge is 2.37. The first-order chi connectivity index (χ1) is 11.1. The van der Waals surface area contributed by atoms with E-state index in [2.05, 4.69) is 11.4 Å². The summed E-state index contributed by atoms with van der Waals surface area (Å²) in [7, 11) is 0. The van der Waals surface area contributed by atoms with Gasteiger partial charge in [0.25, 0.3) is 0 Å². The first-order valence-electron chi connectivity index (χ1n) is 7.80. The molecule has 1 saturated heterocycles. The highest BCUT2D eigenvalue weighted by Crippen LogP contribution is 2.32. The van der Waals surface area contributed by atoms with Crippen molar-refractivity contribution >= 4 is 23.4 Å². The molecule has 23 heavy (non-hydrogen) atoms. The van der Waals surface area contributed by atoms with E-state index in [9.17, 15) is 14.9 Å². The molecule has 2 amide bonds. The molecule has 0 unspecified atom stereocenters. The molecule has 1 heterocycles. The smallest absolute Gasteiger partial charge is 0.226 e. The fraction of sp³-hybridized carbons (Fsp3) is 0.471. The van der Waals surface area contributed by atoms with Crippen LogP contribution in [0.25, 0.3) is 0 Å². The standard InChI is InChI=1S/C17H18ClN3O2/c18-14-3-1-2-12(6-14)15(8-19)20-17(23)13-7-16(22)21(10-13)9-11-4-5-11/h1-3,6,11,13,15H,4-5,7,9-10H2,(H,20,23)/t13-,15-/m1/s1. The molecule has 2 fully saturated rings. The summed E-state index contributed by atoms with van der Waals surface area (Å²) < 4.78 is 0. The maximum Gasteiger partial charge on any atom is 0.226 e. The average Bonchev–Trinajstić information content (AvgIpc) is 3.27. The third-order valence-electron chi connectivity index (χ3n) is 4.36. The quantitative estimate of drug-likeness (QED) is 0.899. The first kappa shape index (κ1) is 15.8. The Balaban J connectivity index is 1.61. The van der Waals surface area contributed by atoms with E-state index in [-0.39, 0.29) is 24.2 Å². The molecule has 0 bridgehead atoms. The Kier molecular flexibility index (Phi) is 4.53. The molecule has 3 rings (SSSR count). The van der Waals surface area contributed by atoms with Gasteiger partial charge in [0.2, 0.25) is 11.8 Å². The van der Waals surface area contributed by atoms with E-state index in [0.29, 0.717) is 23.0 Å². The molecular formula is C17H18ClN3O2. The number of hydrogen-bond donors (Lipinski definition) is 1. The summed E-state index contributed by atoms with van der Waals surface area (Å²) in [6.07, 6.45) is 2.57. The monoisotopic (exact) mass is 331 g/mol. The molecule has 1 saturated carbocycles. The van der Waals surface area contributed by atoms with Crippen LogP contribution in [0.2, 0.25) is 5.02 Å². The topological polar surface area (TPSA) is 73.2 Å². The summed E-state index contributed by atoms with van der Waals surface area (Å²) in [5.41, 5.74) is 0.646. The first-order valence-corrected chi connectivity index (χ1v) is 8.18. The Morgan fingerprint density at radius 2 is 2.26 bits per heavy atom. The van der Waals surface area contributed by atoms with Crippen molar-refractivity contribution in [3.8, 4) is 6.07 Å². The molecule has 2 atom stereocenters. The van der Waals surface area contributed by atoms with E-state index in [1.54, 1.807) is 29.2 Å². The molecule has 0 aromatic heterocycles. The second kappa shape index (κ2) is 6.59. The number of nitriles is 1. The van der Waals surface area contributed by atoms with Gasteiger partial charge in [-0.2, -0.15) is 5.26 Å². The summed E-state index contributed by atoms with van der Waals surface area (Å²) in [4.78, 5) is 26.2. The molecule has 6 heteroatoms. The van der Waals surface area contributed by atoms with Gasteiger partial charge >= 0.3 is 0 Å². The van der Waals surface area contributed by atoms with Crippen LogP contribution < -0.4 is 5.32 Å². The largest absolute Gasteiger partial charge is 0.342 e. The molecule has 2 aliphatic rings. The van der Waals surface area contributed by atoms with E-state index >= 15 is 0 Å². The maximum atomic E-state index is 12.4. The van der Waals surface area contributed by atoms with Crippen LogP contribution in [0.1, 0.15) is 30.9 Å². The predicted molar refractivity (Wildman–Crippen MR) is 85.4 cm³/mol. The lowest BCUT2D eigenvalue weighted by molar-refractivity contribution is -0.129. The number of nitrogens with one attached hydrogen (secondary N) is 1. The average molecular weight is 332 g/mol. The van der Waals surface area contributed by atoms with Crippen LogP contribution in [-0.2, 0) is 9.59 Å². The van der Waals surface area contributed by atoms with Crippen LogP contribution in [0.3, 0.4) is 0 Å². The lowest BCUT2D eigenvalue weighted by atomic mass is 10.0. The van der Waals surface area contributed by atoms with Crippen molar-refractivity contribution in [1.29, 1.82) is 5.26 Å². The van der Waals surface area contributed by atoms with Crippen molar-refractivity contribution in [2.24, 2.45) is 11.8 Å². The second-order valence-electron chi connectivity index (χ2n) is 6.27. The third kappa shape index (κ3) is 3.83. The minimum absolute atomic E-state index is 0.0355. The van der Waals surface area contributed by atoms with Crippen molar-refractivity contribution in [2.75, 3.05) is 13.1 Å². The zero-order valence-electron chi connectivity index (χ0n) is 12.7. The number of amides is 2. The van der Waals surface area contributed by atoms with Gasteiger partial charge in [-0.05, 0) is 36.5 Å². The Bertz CT molecular complexity index is 666. The van der Waals surface area contributed by atoms with Crippen LogP contribution in [0.15, 0.2) is 24.3 Å². The molecule has 5 nitrogen and oxygen atoms in total. The van der Waals surface area contributed by atoms with Crippen LogP contribution in [0.4, 0.5) is 0 Å². The van der Waals surface area contributed by atoms with Crippen molar-refractivity contribution in [3.05, 3.63) is 34.9 Å². The molecule has 0 radical (unpaired) electrons. The number of likely N-dealkylation sites (tertiary alicyclic amines) is 1. The van der Waals surface area contributed by atoms with Gasteiger partial charge in [-0.3, -0.25) is 9.59 Å². The minimum Gasteiger partial charge on any atom is -0.342 e. The summed E-state index contributed by atoms with van der Waals surface area (Å²) in [5.74, 6) is 0.0202. The van der Waals surface area contributed by atoms with Gasteiger partial charge in [0.15, 0.2) is 0 Å². The number of carbonyl (C=O) groups excluding carboxylic acids is 2. The molecule has 1 aromatic rings. The zero-order valence-corrected chi connectivity index (χ0v) is 13.4. The van der Waals surface area contributed by atoms with Crippen molar-refractivity contribution < 1.29 is 9.59 Å². The maximum absolute atomic E-state index is 12.4. The second-order valence-corrected chi connectivity index (χ2v) is 6.71. The van der Waals surface area contributed by atoms with Gasteiger partial charge in [0, 0.05) is 24.5 Å². The van der Waals surface area contributed by atoms with Crippen LogP contribution in [0.5, 0.6) is 0 Å². The van der Waals surface area contributed by atoms with Gasteiger partial charge in [0.05, 0.1) is 12.0 Å². The molecule has 1 N–H and O–H groups in total. The van der Waals surface area contributed by atoms with Crippen LogP contribution >= 0.6 is 11.6 Å². The Hall–Kier alpha value is -2.06. The SMILES string of the molecule is N#C[C@@H](NC(=O)[C@@H]1CC(=O)N(CC2CC2)C1)c1cccc(Cl)c1. The van der Waals surface area contributed by atoms with E-state index in [1.165, 1.54) is 12.8 Å². The van der Waals surface area contributed by atoms with E-state index in [1.807, 2.05) is 0 Å². The summed E-state index contributed by atoms with van der Waals surface area (Å²) in [6.45, 7) is 1.22. The number of nitrogens with zero attached hydrogens (tertiary/aromatic N) is 2. The summed E-state index contributed by atoms with van der Waals surface area (Å²) in [5, 5.41) is 12.5. The highest BCUT2D eigenvalue weighted by atomic mass is 35.5. The molecule has 120 valence electrons. The van der Waals surface area contributed by atoms with Gasteiger partial charge in [-0.15, -0.1) is 0 Å². The van der Waals surface area contributed by atoms with E-state index in [0.717, 1.165) is 6.54 Å². The number of halogens is 1. The highest BCUT2D eigenvalue weighted by molar-refractivity contribution is 6.30. The molecular weight excluding hydrogens is 314 g/mol. The Morgan fingerprint density at radius 1 is 1.48 bits per heavy atom. The normalized spacial score (nSPS) is 21.8. The van der Waals surface area contributed by atoms with Gasteiger partial charge in [-0.25, -0.2) is 0 Å². The molecule has 1 aliphatic carbocycles. The van der Waals surface area contributed by atoms with Gasteiger partial charge in [-0.1, -0.05) is 23.7 Å².